The Morgan fingerprint density at radius 2 is 2.37 bits per heavy atom. The lowest BCUT2D eigenvalue weighted by molar-refractivity contribution is 0.310. The molecule has 1 aliphatic heterocycles. The van der Waals surface area contributed by atoms with Crippen LogP contribution in [0.2, 0.25) is 5.02 Å². The number of H-pyrrole nitrogens is 1. The van der Waals surface area contributed by atoms with E-state index in [1.807, 2.05) is 13.1 Å². The van der Waals surface area contributed by atoms with Gasteiger partial charge in [-0.2, -0.15) is 5.21 Å². The smallest absolute Gasteiger partial charge is 0.212 e. The first kappa shape index (κ1) is 12.0. The molecule has 0 unspecified atom stereocenters. The van der Waals surface area contributed by atoms with Crippen LogP contribution in [0.1, 0.15) is 0 Å². The first-order valence-electron chi connectivity index (χ1n) is 5.70. The van der Waals surface area contributed by atoms with Crippen LogP contribution in [0.3, 0.4) is 0 Å². The van der Waals surface area contributed by atoms with Gasteiger partial charge in [-0.25, -0.2) is 0 Å². The number of hydrogen-bond donors (Lipinski definition) is 1. The molecule has 19 heavy (non-hydrogen) atoms. The second kappa shape index (κ2) is 4.58. The molecule has 1 aliphatic rings. The van der Waals surface area contributed by atoms with Gasteiger partial charge in [0, 0.05) is 7.05 Å². The van der Waals surface area contributed by atoms with Gasteiger partial charge in [-0.3, -0.25) is 0 Å². The number of fused-ring (bicyclic) bond motifs is 1. The molecular formula is C11H12ClN5O2. The summed E-state index contributed by atoms with van der Waals surface area (Å²) >= 11 is 6.26. The van der Waals surface area contributed by atoms with Crippen LogP contribution in [-0.4, -0.2) is 47.9 Å². The Labute approximate surface area is 114 Å². The fraction of sp³-hybridized carbons (Fsp3) is 0.364. The maximum atomic E-state index is 6.26. The zero-order chi connectivity index (χ0) is 13.4. The van der Waals surface area contributed by atoms with Crippen molar-refractivity contribution in [2.24, 2.45) is 0 Å². The molecule has 1 aromatic heterocycles. The topological polar surface area (TPSA) is 76.2 Å². The number of rotatable bonds is 2. The van der Waals surface area contributed by atoms with Crippen LogP contribution in [0.4, 0.5) is 5.69 Å². The van der Waals surface area contributed by atoms with Crippen molar-refractivity contribution in [3.63, 3.8) is 0 Å². The number of aromatic amines is 1. The van der Waals surface area contributed by atoms with Crippen LogP contribution in [0.25, 0.3) is 11.4 Å². The third-order valence-electron chi connectivity index (χ3n) is 3.02. The van der Waals surface area contributed by atoms with Crippen LogP contribution in [0, 0.1) is 0 Å². The summed E-state index contributed by atoms with van der Waals surface area (Å²) in [6.45, 7) is 1.38. The summed E-state index contributed by atoms with van der Waals surface area (Å²) in [5.74, 6) is 1.54. The lowest BCUT2D eigenvalue weighted by Crippen LogP contribution is -2.29. The van der Waals surface area contributed by atoms with Crippen molar-refractivity contribution in [2.75, 3.05) is 32.2 Å². The maximum absolute atomic E-state index is 6.26. The Morgan fingerprint density at radius 3 is 3.05 bits per heavy atom. The average Bonchev–Trinajstić information content (AvgIpc) is 2.92. The molecule has 2 heterocycles. The van der Waals surface area contributed by atoms with E-state index in [-0.39, 0.29) is 0 Å². The molecule has 0 saturated heterocycles. The molecular weight excluding hydrogens is 270 g/mol. The first-order chi connectivity index (χ1) is 9.22. The van der Waals surface area contributed by atoms with Crippen LogP contribution < -0.4 is 14.4 Å². The maximum Gasteiger partial charge on any atom is 0.212 e. The summed E-state index contributed by atoms with van der Waals surface area (Å²) in [5, 5.41) is 14.4. The highest BCUT2D eigenvalue weighted by atomic mass is 35.5. The second-order valence-corrected chi connectivity index (χ2v) is 4.53. The number of aromatic nitrogens is 4. The van der Waals surface area contributed by atoms with Gasteiger partial charge in [-0.15, -0.1) is 10.2 Å². The summed E-state index contributed by atoms with van der Waals surface area (Å²) in [6.07, 6.45) is 0. The number of likely N-dealkylation sites (N-methyl/N-ethyl adjacent to an activating group) is 1. The molecule has 0 spiro atoms. The summed E-state index contributed by atoms with van der Waals surface area (Å²) in [7, 11) is 3.52. The van der Waals surface area contributed by atoms with E-state index in [0.717, 1.165) is 12.2 Å². The van der Waals surface area contributed by atoms with Gasteiger partial charge in [-0.05, 0) is 11.3 Å². The number of tetrazole rings is 1. The molecule has 7 nitrogen and oxygen atoms in total. The number of benzene rings is 1. The van der Waals surface area contributed by atoms with E-state index in [4.69, 9.17) is 21.1 Å². The van der Waals surface area contributed by atoms with Crippen molar-refractivity contribution in [2.45, 2.75) is 0 Å². The van der Waals surface area contributed by atoms with Gasteiger partial charge in [0.2, 0.25) is 5.82 Å². The van der Waals surface area contributed by atoms with E-state index in [1.165, 1.54) is 0 Å². The molecule has 0 fully saturated rings. The van der Waals surface area contributed by atoms with E-state index in [0.29, 0.717) is 34.5 Å². The number of nitrogens with one attached hydrogen (secondary N) is 1. The minimum atomic E-state index is 0.394. The van der Waals surface area contributed by atoms with Crippen molar-refractivity contribution in [3.8, 4) is 22.9 Å². The van der Waals surface area contributed by atoms with Crippen LogP contribution in [-0.2, 0) is 0 Å². The van der Waals surface area contributed by atoms with E-state index in [9.17, 15) is 0 Å². The van der Waals surface area contributed by atoms with Gasteiger partial charge in [0.15, 0.2) is 11.5 Å². The summed E-state index contributed by atoms with van der Waals surface area (Å²) < 4.78 is 11.1. The highest BCUT2D eigenvalue weighted by Crippen LogP contribution is 2.48. The molecule has 100 valence electrons. The average molecular weight is 282 g/mol. The van der Waals surface area contributed by atoms with E-state index < -0.39 is 0 Å². The zero-order valence-corrected chi connectivity index (χ0v) is 11.2. The van der Waals surface area contributed by atoms with Crippen molar-refractivity contribution < 1.29 is 9.47 Å². The number of anilines is 1. The van der Waals surface area contributed by atoms with Crippen LogP contribution >= 0.6 is 11.6 Å². The summed E-state index contributed by atoms with van der Waals surface area (Å²) in [6, 6.07) is 1.82. The molecule has 0 saturated carbocycles. The largest absolute Gasteiger partial charge is 0.494 e. The zero-order valence-electron chi connectivity index (χ0n) is 10.5. The predicted molar refractivity (Wildman–Crippen MR) is 69.9 cm³/mol. The normalized spacial score (nSPS) is 13.9. The Morgan fingerprint density at radius 1 is 1.53 bits per heavy atom. The van der Waals surface area contributed by atoms with E-state index >= 15 is 0 Å². The molecule has 0 amide bonds. The third-order valence-corrected chi connectivity index (χ3v) is 3.31. The Balaban J connectivity index is 2.30. The Kier molecular flexibility index (Phi) is 2.90. The van der Waals surface area contributed by atoms with Gasteiger partial charge in [0.25, 0.3) is 0 Å². The first-order valence-corrected chi connectivity index (χ1v) is 6.08. The van der Waals surface area contributed by atoms with Crippen molar-refractivity contribution in [1.29, 1.82) is 0 Å². The molecule has 1 aromatic carbocycles. The van der Waals surface area contributed by atoms with Crippen LogP contribution in [0.5, 0.6) is 11.5 Å². The SMILES string of the molecule is COc1c(Cl)cc2c(c1-c1nn[nH]n1)OCCN2C. The fourth-order valence-corrected chi connectivity index (χ4v) is 2.38. The standard InChI is InChI=1S/C11H12ClN5O2/c1-17-3-4-19-10-7(17)5-6(12)9(18-2)8(10)11-13-15-16-14-11/h5H,3-4H2,1-2H3,(H,13,14,15,16). The molecule has 0 aliphatic carbocycles. The monoisotopic (exact) mass is 281 g/mol. The molecule has 0 atom stereocenters. The molecule has 2 aromatic rings. The fourth-order valence-electron chi connectivity index (χ4n) is 2.11. The van der Waals surface area contributed by atoms with Crippen LogP contribution in [0.15, 0.2) is 6.07 Å². The van der Waals surface area contributed by atoms with Crippen molar-refractivity contribution >= 4 is 17.3 Å². The van der Waals surface area contributed by atoms with Gasteiger partial charge in [0.1, 0.15) is 12.2 Å². The number of ether oxygens (including phenoxy) is 2. The van der Waals surface area contributed by atoms with Crippen molar-refractivity contribution in [3.05, 3.63) is 11.1 Å². The quantitative estimate of drug-likeness (QED) is 0.896. The number of methoxy groups -OCH3 is 1. The highest BCUT2D eigenvalue weighted by molar-refractivity contribution is 6.33. The number of hydrogen-bond acceptors (Lipinski definition) is 6. The molecule has 0 radical (unpaired) electrons. The molecule has 1 N–H and O–H groups in total. The van der Waals surface area contributed by atoms with E-state index in [2.05, 4.69) is 25.5 Å². The van der Waals surface area contributed by atoms with Gasteiger partial charge >= 0.3 is 0 Å². The predicted octanol–water partition coefficient (Wildman–Crippen LogP) is 1.36. The lowest BCUT2D eigenvalue weighted by atomic mass is 10.1. The van der Waals surface area contributed by atoms with Gasteiger partial charge < -0.3 is 14.4 Å². The number of halogens is 1. The Bertz CT molecular complexity index is 602. The summed E-state index contributed by atoms with van der Waals surface area (Å²) in [4.78, 5) is 2.06. The van der Waals surface area contributed by atoms with Gasteiger partial charge in [-0.1, -0.05) is 11.6 Å². The summed E-state index contributed by atoms with van der Waals surface area (Å²) in [5.41, 5.74) is 1.50. The van der Waals surface area contributed by atoms with Crippen molar-refractivity contribution in [1.82, 2.24) is 20.6 Å². The minimum Gasteiger partial charge on any atom is -0.494 e. The third kappa shape index (κ3) is 1.86. The van der Waals surface area contributed by atoms with E-state index in [1.54, 1.807) is 7.11 Å². The second-order valence-electron chi connectivity index (χ2n) is 4.12. The molecule has 0 bridgehead atoms. The molecule has 8 heteroatoms. The number of nitrogens with zero attached hydrogens (tertiary/aromatic N) is 4. The Hall–Kier alpha value is -2.02. The lowest BCUT2D eigenvalue weighted by Gasteiger charge is -2.29. The molecule has 3 rings (SSSR count). The minimum absolute atomic E-state index is 0.394. The van der Waals surface area contributed by atoms with Gasteiger partial charge in [0.05, 0.1) is 24.4 Å². The highest BCUT2D eigenvalue weighted by Gasteiger charge is 2.27.